The first-order valence-electron chi connectivity index (χ1n) is 18.5. The Morgan fingerprint density at radius 1 is 1.02 bits per heavy atom. The number of fused-ring (bicyclic) bond motifs is 5. The lowest BCUT2D eigenvalue weighted by atomic mass is 9.44. The van der Waals surface area contributed by atoms with E-state index in [1.807, 2.05) is 0 Å². The molecule has 0 heterocycles. The molecule has 3 fully saturated rings. The lowest BCUT2D eigenvalue weighted by Gasteiger charge is -2.62. The number of thioether (sulfide) groups is 1. The predicted octanol–water partition coefficient (Wildman–Crippen LogP) is 5.01. The molecule has 4 aliphatic rings. The molecule has 48 heavy (non-hydrogen) atoms. The van der Waals surface area contributed by atoms with Gasteiger partial charge in [0, 0.05) is 43.9 Å². The van der Waals surface area contributed by atoms with Crippen LogP contribution in [0.25, 0.3) is 0 Å². The molecule has 0 aromatic heterocycles. The molecule has 0 spiro atoms. The molecule has 3 saturated carbocycles. The number of nitrogens with one attached hydrogen (secondary N) is 2. The molecule has 4 aliphatic carbocycles. The average molecular weight is 693 g/mol. The molecule has 0 aliphatic heterocycles. The first-order chi connectivity index (χ1) is 23.0. The van der Waals surface area contributed by atoms with Gasteiger partial charge < -0.3 is 40.5 Å². The molecule has 8 atom stereocenters. The highest BCUT2D eigenvalue weighted by Crippen LogP contribution is 2.66. The minimum atomic E-state index is -0.519. The third-order valence-electron chi connectivity index (χ3n) is 12.2. The second-order valence-corrected chi connectivity index (χ2v) is 16.3. The van der Waals surface area contributed by atoms with Crippen LogP contribution < -0.4 is 16.8 Å². The van der Waals surface area contributed by atoms with Crippen LogP contribution in [0.1, 0.15) is 97.8 Å². The minimum absolute atomic E-state index is 0.0760. The number of carbonyl (C=O) groups excluding carboxylic acids is 2. The highest BCUT2D eigenvalue weighted by atomic mass is 32.2. The fraction of sp³-hybridized carbons (Fsp3) is 0.865. The molecule has 8 unspecified atom stereocenters. The number of unbranched alkanes of at least 4 members (excludes halogenated alkanes) is 2. The van der Waals surface area contributed by atoms with Gasteiger partial charge >= 0.3 is 0 Å². The summed E-state index contributed by atoms with van der Waals surface area (Å²) in [6.45, 7) is 11.3. The summed E-state index contributed by atoms with van der Waals surface area (Å²) in [5.74, 6) is 2.93. The lowest BCUT2D eigenvalue weighted by Crippen LogP contribution is -2.66. The van der Waals surface area contributed by atoms with E-state index in [0.717, 1.165) is 50.9 Å². The molecular weight excluding hydrogens is 628 g/mol. The Morgan fingerprint density at radius 2 is 1.75 bits per heavy atom. The van der Waals surface area contributed by atoms with Gasteiger partial charge in [-0.2, -0.15) is 0 Å². The van der Waals surface area contributed by atoms with Gasteiger partial charge in [0.15, 0.2) is 5.90 Å². The van der Waals surface area contributed by atoms with Gasteiger partial charge in [0.25, 0.3) is 0 Å². The second-order valence-electron chi connectivity index (χ2n) is 15.3. The summed E-state index contributed by atoms with van der Waals surface area (Å²) in [5, 5.41) is 11.2. The largest absolute Gasteiger partial charge is 0.477 e. The average Bonchev–Trinajstić information content (AvgIpc) is 3.37. The van der Waals surface area contributed by atoms with Crippen LogP contribution in [0.2, 0.25) is 0 Å². The molecule has 0 saturated heterocycles. The topological polar surface area (TPSA) is 159 Å². The molecule has 4 rings (SSSR count). The third-order valence-corrected chi connectivity index (χ3v) is 13.3. The Labute approximate surface area is 293 Å². The Hall–Kier alpha value is -1.50. The Kier molecular flexibility index (Phi) is 15.3. The number of ether oxygens (including phenoxy) is 4. The summed E-state index contributed by atoms with van der Waals surface area (Å²) in [5.41, 5.74) is 14.9. The van der Waals surface area contributed by atoms with Gasteiger partial charge in [0.1, 0.15) is 12.4 Å². The fourth-order valence-corrected chi connectivity index (χ4v) is 10.0. The van der Waals surface area contributed by atoms with Gasteiger partial charge in [0.2, 0.25) is 5.91 Å². The van der Waals surface area contributed by atoms with Crippen molar-refractivity contribution in [3.63, 3.8) is 0 Å². The number of hydrogen-bond acceptors (Lipinski definition) is 10. The van der Waals surface area contributed by atoms with Gasteiger partial charge in [0.05, 0.1) is 38.2 Å². The maximum atomic E-state index is 11.7. The van der Waals surface area contributed by atoms with Crippen LogP contribution in [0.3, 0.4) is 0 Å². The van der Waals surface area contributed by atoms with E-state index in [1.165, 1.54) is 43.0 Å². The second kappa shape index (κ2) is 18.7. The maximum Gasteiger partial charge on any atom is 0.230 e. The summed E-state index contributed by atoms with van der Waals surface area (Å²) in [6, 6.07) is -0.519. The number of hydrogen-bond donors (Lipinski definition) is 4. The van der Waals surface area contributed by atoms with Gasteiger partial charge in [-0.25, -0.2) is 0 Å². The summed E-state index contributed by atoms with van der Waals surface area (Å²) >= 11 is 1.35. The molecule has 0 radical (unpaired) electrons. The van der Waals surface area contributed by atoms with Crippen LogP contribution in [0.4, 0.5) is 0 Å². The first kappa shape index (κ1) is 39.3. The fourth-order valence-electron chi connectivity index (χ4n) is 9.28. The van der Waals surface area contributed by atoms with Gasteiger partial charge in [-0.1, -0.05) is 32.4 Å². The molecule has 274 valence electrons. The van der Waals surface area contributed by atoms with Crippen molar-refractivity contribution in [1.82, 2.24) is 5.32 Å². The van der Waals surface area contributed by atoms with E-state index >= 15 is 0 Å². The molecule has 0 aromatic rings. The SMILES string of the molecule is CC1CCC2C1(C)CCC1C3(C)CCC(OC(=N)CCOCCOCCCCCOCCNC(=O)CSCC(N)C=O)CC3=CCC12N. The van der Waals surface area contributed by atoms with Crippen LogP contribution in [0, 0.1) is 34.0 Å². The van der Waals surface area contributed by atoms with E-state index in [-0.39, 0.29) is 23.0 Å². The monoisotopic (exact) mass is 692 g/mol. The quantitative estimate of drug-likeness (QED) is 0.0426. The highest BCUT2D eigenvalue weighted by Gasteiger charge is 2.63. The Bertz CT molecular complexity index is 1090. The van der Waals surface area contributed by atoms with Crippen LogP contribution in [0.15, 0.2) is 11.6 Å². The zero-order valence-electron chi connectivity index (χ0n) is 29.9. The van der Waals surface area contributed by atoms with Crippen molar-refractivity contribution in [1.29, 1.82) is 5.41 Å². The normalized spacial score (nSPS) is 33.1. The zero-order chi connectivity index (χ0) is 34.6. The molecule has 0 aromatic carbocycles. The van der Waals surface area contributed by atoms with Crippen LogP contribution in [-0.4, -0.2) is 93.5 Å². The molecule has 1 amide bonds. The van der Waals surface area contributed by atoms with Crippen molar-refractivity contribution in [2.75, 3.05) is 57.7 Å². The van der Waals surface area contributed by atoms with Crippen molar-refractivity contribution in [3.05, 3.63) is 11.6 Å². The van der Waals surface area contributed by atoms with E-state index in [2.05, 4.69) is 32.2 Å². The van der Waals surface area contributed by atoms with Crippen LogP contribution in [0.5, 0.6) is 0 Å². The van der Waals surface area contributed by atoms with Crippen LogP contribution >= 0.6 is 11.8 Å². The maximum absolute atomic E-state index is 11.7. The third kappa shape index (κ3) is 10.1. The van der Waals surface area contributed by atoms with Crippen LogP contribution in [-0.2, 0) is 28.5 Å². The summed E-state index contributed by atoms with van der Waals surface area (Å²) in [6.07, 6.45) is 15.8. The van der Waals surface area contributed by atoms with E-state index in [4.69, 9.17) is 35.8 Å². The summed E-state index contributed by atoms with van der Waals surface area (Å²) in [7, 11) is 0. The van der Waals surface area contributed by atoms with Crippen molar-refractivity contribution in [2.24, 2.45) is 40.1 Å². The van der Waals surface area contributed by atoms with E-state index < -0.39 is 6.04 Å². The number of aldehydes is 1. The van der Waals surface area contributed by atoms with Crippen molar-refractivity contribution in [2.45, 2.75) is 116 Å². The predicted molar refractivity (Wildman–Crippen MR) is 192 cm³/mol. The van der Waals surface area contributed by atoms with Gasteiger partial charge in [-0.15, -0.1) is 11.8 Å². The minimum Gasteiger partial charge on any atom is -0.477 e. The molecular formula is C37H64N4O6S. The van der Waals surface area contributed by atoms with E-state index in [1.54, 1.807) is 0 Å². The molecule has 11 heteroatoms. The number of amides is 1. The van der Waals surface area contributed by atoms with Crippen molar-refractivity contribution in [3.8, 4) is 0 Å². The zero-order valence-corrected chi connectivity index (χ0v) is 30.7. The standard InChI is InChI=1S/C37H64N4O6S/c1-27-7-8-31-35(27,2)14-11-32-36(3)13-10-30(23-28(36)9-15-37(31,32)40)47-33(39)12-19-46-22-21-45-18-6-4-5-17-44-20-16-41-34(43)26-48-25-29(38)24-42/h9,24,27,29-32,39H,4-8,10-23,25-26,38,40H2,1-3H3,(H,41,43). The molecule has 6 N–H and O–H groups in total. The number of carbonyl (C=O) groups is 2. The molecule has 0 bridgehead atoms. The van der Waals surface area contributed by atoms with Crippen molar-refractivity contribution >= 4 is 29.9 Å². The Balaban J connectivity index is 0.977. The van der Waals surface area contributed by atoms with Gasteiger partial charge in [-0.05, 0) is 92.8 Å². The first-order valence-corrected chi connectivity index (χ1v) is 19.7. The number of rotatable bonds is 21. The summed E-state index contributed by atoms with van der Waals surface area (Å²) < 4.78 is 23.1. The van der Waals surface area contributed by atoms with E-state index in [9.17, 15) is 9.59 Å². The highest BCUT2D eigenvalue weighted by molar-refractivity contribution is 8.00. The van der Waals surface area contributed by atoms with Crippen molar-refractivity contribution < 1.29 is 28.5 Å². The van der Waals surface area contributed by atoms with E-state index in [0.29, 0.717) is 93.5 Å². The lowest BCUT2D eigenvalue weighted by molar-refractivity contribution is -0.118. The smallest absolute Gasteiger partial charge is 0.230 e. The van der Waals surface area contributed by atoms with Gasteiger partial charge in [-0.3, -0.25) is 10.2 Å². The number of nitrogens with two attached hydrogens (primary N) is 2. The summed E-state index contributed by atoms with van der Waals surface area (Å²) in [4.78, 5) is 22.2. The molecule has 10 nitrogen and oxygen atoms in total. The Morgan fingerprint density at radius 3 is 2.50 bits per heavy atom.